The second-order valence-electron chi connectivity index (χ2n) is 5.49. The predicted molar refractivity (Wildman–Crippen MR) is 72.5 cm³/mol. The standard InChI is InChI=1S/C14H23N3/c1-14(2,15-3)11-12-7-6-8-16-13(12)17-9-4-5-10-17/h6-8,15H,4-5,9-11H2,1-3H3. The lowest BCUT2D eigenvalue weighted by Crippen LogP contribution is -2.39. The lowest BCUT2D eigenvalue weighted by Gasteiger charge is -2.27. The van der Waals surface area contributed by atoms with Gasteiger partial charge in [0, 0.05) is 24.8 Å². The van der Waals surface area contributed by atoms with Crippen molar-refractivity contribution in [3.63, 3.8) is 0 Å². The van der Waals surface area contributed by atoms with Crippen LogP contribution in [-0.2, 0) is 6.42 Å². The van der Waals surface area contributed by atoms with Crippen molar-refractivity contribution in [2.75, 3.05) is 25.0 Å². The highest BCUT2D eigenvalue weighted by Crippen LogP contribution is 2.24. The Bertz CT molecular complexity index is 367. The van der Waals surface area contributed by atoms with E-state index in [9.17, 15) is 0 Å². The van der Waals surface area contributed by atoms with Gasteiger partial charge in [-0.3, -0.25) is 0 Å². The van der Waals surface area contributed by atoms with Crippen LogP contribution in [0.2, 0.25) is 0 Å². The lowest BCUT2D eigenvalue weighted by molar-refractivity contribution is 0.421. The Morgan fingerprint density at radius 2 is 2.06 bits per heavy atom. The molecule has 2 heterocycles. The third-order valence-corrected chi connectivity index (χ3v) is 3.58. The summed E-state index contributed by atoms with van der Waals surface area (Å²) >= 11 is 0. The van der Waals surface area contributed by atoms with Gasteiger partial charge in [0.25, 0.3) is 0 Å². The quantitative estimate of drug-likeness (QED) is 0.864. The number of rotatable bonds is 4. The first kappa shape index (κ1) is 12.4. The van der Waals surface area contributed by atoms with E-state index in [2.05, 4.69) is 35.1 Å². The molecule has 1 N–H and O–H groups in total. The fourth-order valence-electron chi connectivity index (χ4n) is 2.35. The van der Waals surface area contributed by atoms with Crippen molar-refractivity contribution in [2.24, 2.45) is 0 Å². The summed E-state index contributed by atoms with van der Waals surface area (Å²) in [6.45, 7) is 6.77. The minimum atomic E-state index is 0.123. The molecule has 17 heavy (non-hydrogen) atoms. The maximum atomic E-state index is 4.58. The van der Waals surface area contributed by atoms with Crippen LogP contribution in [0.1, 0.15) is 32.3 Å². The van der Waals surface area contributed by atoms with Crippen LogP contribution in [0.25, 0.3) is 0 Å². The van der Waals surface area contributed by atoms with Crippen LogP contribution in [-0.4, -0.2) is 30.7 Å². The van der Waals surface area contributed by atoms with E-state index in [-0.39, 0.29) is 5.54 Å². The highest BCUT2D eigenvalue weighted by molar-refractivity contribution is 5.48. The van der Waals surface area contributed by atoms with Crippen molar-refractivity contribution in [3.8, 4) is 0 Å². The molecule has 1 aromatic rings. The van der Waals surface area contributed by atoms with Crippen molar-refractivity contribution < 1.29 is 0 Å². The zero-order chi connectivity index (χ0) is 12.3. The average Bonchev–Trinajstić information content (AvgIpc) is 2.83. The van der Waals surface area contributed by atoms with Crippen molar-refractivity contribution in [1.82, 2.24) is 10.3 Å². The van der Waals surface area contributed by atoms with Crippen molar-refractivity contribution in [2.45, 2.75) is 38.6 Å². The molecule has 0 unspecified atom stereocenters. The maximum absolute atomic E-state index is 4.58. The Morgan fingerprint density at radius 1 is 1.35 bits per heavy atom. The Labute approximate surface area is 104 Å². The molecule has 0 bridgehead atoms. The van der Waals surface area contributed by atoms with E-state index in [1.165, 1.54) is 24.2 Å². The van der Waals surface area contributed by atoms with E-state index in [0.29, 0.717) is 0 Å². The molecule has 1 aliphatic heterocycles. The topological polar surface area (TPSA) is 28.2 Å². The monoisotopic (exact) mass is 233 g/mol. The Balaban J connectivity index is 2.21. The fraction of sp³-hybridized carbons (Fsp3) is 0.643. The highest BCUT2D eigenvalue weighted by Gasteiger charge is 2.21. The predicted octanol–water partition coefficient (Wildman–Crippen LogP) is 2.22. The average molecular weight is 233 g/mol. The maximum Gasteiger partial charge on any atom is 0.131 e. The van der Waals surface area contributed by atoms with Crippen LogP contribution >= 0.6 is 0 Å². The molecular formula is C14H23N3. The Hall–Kier alpha value is -1.09. The van der Waals surface area contributed by atoms with Crippen LogP contribution in [0.3, 0.4) is 0 Å². The molecule has 3 heteroatoms. The number of aromatic nitrogens is 1. The third-order valence-electron chi connectivity index (χ3n) is 3.58. The van der Waals surface area contributed by atoms with Crippen LogP contribution < -0.4 is 10.2 Å². The number of hydrogen-bond acceptors (Lipinski definition) is 3. The molecule has 3 nitrogen and oxygen atoms in total. The van der Waals surface area contributed by atoms with Gasteiger partial charge in [0.15, 0.2) is 0 Å². The first-order valence-electron chi connectivity index (χ1n) is 6.50. The van der Waals surface area contributed by atoms with Crippen molar-refractivity contribution >= 4 is 5.82 Å². The normalized spacial score (nSPS) is 16.5. The summed E-state index contributed by atoms with van der Waals surface area (Å²) in [4.78, 5) is 7.00. The summed E-state index contributed by atoms with van der Waals surface area (Å²) in [5.41, 5.74) is 1.48. The van der Waals surface area contributed by atoms with Crippen LogP contribution in [0.15, 0.2) is 18.3 Å². The second-order valence-corrected chi connectivity index (χ2v) is 5.49. The number of likely N-dealkylation sites (N-methyl/N-ethyl adjacent to an activating group) is 1. The zero-order valence-electron chi connectivity index (χ0n) is 11.2. The fourth-order valence-corrected chi connectivity index (χ4v) is 2.35. The van der Waals surface area contributed by atoms with Crippen molar-refractivity contribution in [1.29, 1.82) is 0 Å². The SMILES string of the molecule is CNC(C)(C)Cc1cccnc1N1CCCC1. The summed E-state index contributed by atoms with van der Waals surface area (Å²) in [5, 5.41) is 3.36. The van der Waals surface area contributed by atoms with Crippen LogP contribution in [0, 0.1) is 0 Å². The molecule has 2 rings (SSSR count). The Morgan fingerprint density at radius 3 is 2.71 bits per heavy atom. The highest BCUT2D eigenvalue weighted by atomic mass is 15.2. The molecule has 0 atom stereocenters. The molecule has 0 aliphatic carbocycles. The van der Waals surface area contributed by atoms with E-state index in [1.807, 2.05) is 19.3 Å². The van der Waals surface area contributed by atoms with Gasteiger partial charge in [-0.2, -0.15) is 0 Å². The summed E-state index contributed by atoms with van der Waals surface area (Å²) in [5.74, 6) is 1.19. The summed E-state index contributed by atoms with van der Waals surface area (Å²) in [7, 11) is 2.02. The molecule has 1 aromatic heterocycles. The molecular weight excluding hydrogens is 210 g/mol. The van der Waals surface area contributed by atoms with Gasteiger partial charge in [-0.05, 0) is 51.8 Å². The van der Waals surface area contributed by atoms with Crippen LogP contribution in [0.4, 0.5) is 5.82 Å². The molecule has 0 spiro atoms. The largest absolute Gasteiger partial charge is 0.356 e. The van der Waals surface area contributed by atoms with E-state index >= 15 is 0 Å². The van der Waals surface area contributed by atoms with Gasteiger partial charge >= 0.3 is 0 Å². The minimum absolute atomic E-state index is 0.123. The number of anilines is 1. The van der Waals surface area contributed by atoms with Crippen LogP contribution in [0.5, 0.6) is 0 Å². The van der Waals surface area contributed by atoms with E-state index in [0.717, 1.165) is 19.5 Å². The molecule has 1 fully saturated rings. The third kappa shape index (κ3) is 2.97. The molecule has 94 valence electrons. The molecule has 1 saturated heterocycles. The van der Waals surface area contributed by atoms with Crippen molar-refractivity contribution in [3.05, 3.63) is 23.9 Å². The second kappa shape index (κ2) is 5.05. The summed E-state index contributed by atoms with van der Waals surface area (Å²) in [6, 6.07) is 4.25. The van der Waals surface area contributed by atoms with Gasteiger partial charge in [0.2, 0.25) is 0 Å². The van der Waals surface area contributed by atoms with E-state index in [4.69, 9.17) is 0 Å². The van der Waals surface area contributed by atoms with Gasteiger partial charge in [0.05, 0.1) is 0 Å². The van der Waals surface area contributed by atoms with Gasteiger partial charge < -0.3 is 10.2 Å². The number of nitrogens with zero attached hydrogens (tertiary/aromatic N) is 2. The molecule has 1 aliphatic rings. The number of hydrogen-bond donors (Lipinski definition) is 1. The van der Waals surface area contributed by atoms with Gasteiger partial charge in [0.1, 0.15) is 5.82 Å². The molecule has 0 radical (unpaired) electrons. The minimum Gasteiger partial charge on any atom is -0.356 e. The van der Waals surface area contributed by atoms with E-state index in [1.54, 1.807) is 0 Å². The first-order chi connectivity index (χ1) is 8.12. The van der Waals surface area contributed by atoms with Gasteiger partial charge in [-0.1, -0.05) is 6.07 Å². The molecule has 0 aromatic carbocycles. The van der Waals surface area contributed by atoms with Gasteiger partial charge in [-0.15, -0.1) is 0 Å². The number of nitrogens with one attached hydrogen (secondary N) is 1. The lowest BCUT2D eigenvalue weighted by atomic mass is 9.95. The first-order valence-corrected chi connectivity index (χ1v) is 6.50. The zero-order valence-corrected chi connectivity index (χ0v) is 11.2. The van der Waals surface area contributed by atoms with E-state index < -0.39 is 0 Å². The molecule has 0 saturated carbocycles. The van der Waals surface area contributed by atoms with Gasteiger partial charge in [-0.25, -0.2) is 4.98 Å². The summed E-state index contributed by atoms with van der Waals surface area (Å²) in [6.07, 6.45) is 5.52. The molecule has 0 amide bonds. The smallest absolute Gasteiger partial charge is 0.131 e. The number of pyridine rings is 1. The Kier molecular flexibility index (Phi) is 3.67. The summed E-state index contributed by atoms with van der Waals surface area (Å²) < 4.78 is 0.